The first-order valence-electron chi connectivity index (χ1n) is 9.83. The van der Waals surface area contributed by atoms with Gasteiger partial charge in [0.2, 0.25) is 0 Å². The molecule has 2 N–H and O–H groups in total. The molecule has 2 amide bonds. The lowest BCUT2D eigenvalue weighted by Gasteiger charge is -2.31. The normalized spacial score (nSPS) is 14.3. The number of unbranched alkanes of at least 4 members (excludes halogenated alkanes) is 4. The van der Waals surface area contributed by atoms with Crippen molar-refractivity contribution < 1.29 is 79.8 Å². The molecule has 0 heterocycles. The summed E-state index contributed by atoms with van der Waals surface area (Å²) < 4.78 is 204. The molecule has 0 aliphatic heterocycles. The molecule has 0 saturated carbocycles. The topological polar surface area (TPSA) is 58.2 Å². The monoisotopic (exact) mass is 586 g/mol. The summed E-state index contributed by atoms with van der Waals surface area (Å²) in [4.78, 5) is 22.2. The average molecular weight is 586 g/mol. The Labute approximate surface area is 197 Å². The van der Waals surface area contributed by atoms with Crippen molar-refractivity contribution in [1.82, 2.24) is 10.6 Å². The highest BCUT2D eigenvalue weighted by Crippen LogP contribution is 2.49. The van der Waals surface area contributed by atoms with Crippen LogP contribution >= 0.6 is 0 Å². The Hall–Kier alpha value is -2.18. The molecule has 0 aromatic rings. The number of carbonyl (C=O) groups excluding carboxylic acids is 2. The summed E-state index contributed by atoms with van der Waals surface area (Å²) in [5, 5.41) is 2.27. The van der Waals surface area contributed by atoms with Gasteiger partial charge in [0.1, 0.15) is 0 Å². The number of rotatable bonds is 16. The van der Waals surface area contributed by atoms with Gasteiger partial charge in [-0.05, 0) is 12.8 Å². The highest BCUT2D eigenvalue weighted by atomic mass is 19.4. The van der Waals surface area contributed by atoms with E-state index < -0.39 is 73.3 Å². The highest BCUT2D eigenvalue weighted by Gasteiger charge is 2.79. The van der Waals surface area contributed by atoms with Crippen molar-refractivity contribution >= 4 is 11.8 Å². The molecule has 20 heteroatoms. The summed E-state index contributed by atoms with van der Waals surface area (Å²) in [5.41, 5.74) is 0. The van der Waals surface area contributed by atoms with E-state index in [2.05, 4.69) is 0 Å². The average Bonchev–Trinajstić information content (AvgIpc) is 2.76. The van der Waals surface area contributed by atoms with E-state index in [-0.39, 0.29) is 32.1 Å². The molecule has 0 atom stereocenters. The van der Waals surface area contributed by atoms with E-state index in [0.717, 1.165) is 10.6 Å². The van der Waals surface area contributed by atoms with Crippen molar-refractivity contribution in [3.05, 3.63) is 0 Å². The molecule has 0 aliphatic rings. The minimum atomic E-state index is -6.74. The van der Waals surface area contributed by atoms with E-state index in [4.69, 9.17) is 0 Å². The fourth-order valence-corrected chi connectivity index (χ4v) is 2.38. The van der Waals surface area contributed by atoms with E-state index in [9.17, 15) is 79.8 Å². The summed E-state index contributed by atoms with van der Waals surface area (Å²) in [6.07, 6.45) is -11.1. The third-order valence-corrected chi connectivity index (χ3v) is 4.67. The van der Waals surface area contributed by atoms with Gasteiger partial charge >= 0.3 is 48.4 Å². The molecule has 0 aliphatic carbocycles. The van der Waals surface area contributed by atoms with Crippen LogP contribution in [0.5, 0.6) is 0 Å². The minimum absolute atomic E-state index is 0.0117. The predicted octanol–water partition coefficient (Wildman–Crippen LogP) is 5.51. The number of nitrogens with one attached hydrogen (secondary N) is 2. The van der Waals surface area contributed by atoms with Crippen molar-refractivity contribution in [3.63, 3.8) is 0 Å². The van der Waals surface area contributed by atoms with Gasteiger partial charge in [0, 0.05) is 13.1 Å². The first kappa shape index (κ1) is 34.8. The zero-order valence-electron chi connectivity index (χ0n) is 18.0. The smallest absolute Gasteiger partial charge is 0.351 e. The molecule has 0 bridgehead atoms. The standard InChI is InChI=1S/C17H18F16N2O2/c18-8(19)12(22,23)16(30,31)14(26,27)10(36)34-6-4-2-1-3-5-7-35-11(37)15(28,29)17(32,33)13(24,25)9(20)21/h8-9H,1-7H2,(H,34,36)(H,35,37). The van der Waals surface area contributed by atoms with Crippen LogP contribution in [-0.2, 0) is 9.59 Å². The minimum Gasteiger partial charge on any atom is -0.351 e. The van der Waals surface area contributed by atoms with Gasteiger partial charge in [-0.15, -0.1) is 0 Å². The van der Waals surface area contributed by atoms with Crippen LogP contribution in [0.15, 0.2) is 0 Å². The van der Waals surface area contributed by atoms with E-state index in [1.807, 2.05) is 0 Å². The second-order valence-corrected chi connectivity index (χ2v) is 7.42. The Balaban J connectivity index is 4.48. The Kier molecular flexibility index (Phi) is 11.4. The Morgan fingerprint density at radius 2 is 0.730 bits per heavy atom. The summed E-state index contributed by atoms with van der Waals surface area (Å²) >= 11 is 0. The van der Waals surface area contributed by atoms with Crippen molar-refractivity contribution in [1.29, 1.82) is 0 Å². The molecule has 220 valence electrons. The molecular formula is C17H18F16N2O2. The van der Waals surface area contributed by atoms with Crippen molar-refractivity contribution in [2.45, 2.75) is 80.5 Å². The second-order valence-electron chi connectivity index (χ2n) is 7.42. The summed E-state index contributed by atoms with van der Waals surface area (Å²) in [6.45, 7) is -1.66. The third kappa shape index (κ3) is 7.02. The summed E-state index contributed by atoms with van der Waals surface area (Å²) in [6, 6.07) is 0. The lowest BCUT2D eigenvalue weighted by atomic mass is 10.0. The Morgan fingerprint density at radius 3 is 0.973 bits per heavy atom. The van der Waals surface area contributed by atoms with Crippen molar-refractivity contribution in [3.8, 4) is 0 Å². The number of carbonyl (C=O) groups is 2. The number of amides is 2. The number of hydrogen-bond acceptors (Lipinski definition) is 2. The maximum Gasteiger partial charge on any atom is 0.392 e. The molecule has 0 fully saturated rings. The van der Waals surface area contributed by atoms with Crippen LogP contribution in [0.1, 0.15) is 32.1 Å². The van der Waals surface area contributed by atoms with Gasteiger partial charge in [-0.1, -0.05) is 19.3 Å². The largest absolute Gasteiger partial charge is 0.392 e. The SMILES string of the molecule is O=C(NCCCCCCCNC(=O)C(F)(F)C(F)(F)C(F)(F)C(F)F)C(F)(F)C(F)(F)C(F)(F)C(F)F. The van der Waals surface area contributed by atoms with Gasteiger partial charge in [0.15, 0.2) is 0 Å². The van der Waals surface area contributed by atoms with Crippen molar-refractivity contribution in [2.75, 3.05) is 13.1 Å². The quantitative estimate of drug-likeness (QED) is 0.185. The fourth-order valence-electron chi connectivity index (χ4n) is 2.38. The molecule has 0 aromatic heterocycles. The molecule has 0 aromatic carbocycles. The lowest BCUT2D eigenvalue weighted by molar-refractivity contribution is -0.327. The third-order valence-electron chi connectivity index (χ3n) is 4.67. The predicted molar refractivity (Wildman–Crippen MR) is 90.8 cm³/mol. The van der Waals surface area contributed by atoms with E-state index >= 15 is 0 Å². The maximum absolute atomic E-state index is 13.3. The van der Waals surface area contributed by atoms with Gasteiger partial charge in [-0.25, -0.2) is 17.6 Å². The zero-order chi connectivity index (χ0) is 29.7. The number of hydrogen-bond donors (Lipinski definition) is 2. The van der Waals surface area contributed by atoms with Crippen molar-refractivity contribution in [2.24, 2.45) is 0 Å². The van der Waals surface area contributed by atoms with Gasteiger partial charge in [0.25, 0.3) is 11.8 Å². The Morgan fingerprint density at radius 1 is 0.486 bits per heavy atom. The van der Waals surface area contributed by atoms with Gasteiger partial charge in [-0.3, -0.25) is 9.59 Å². The molecule has 0 spiro atoms. The van der Waals surface area contributed by atoms with Gasteiger partial charge < -0.3 is 10.6 Å². The van der Waals surface area contributed by atoms with E-state index in [1.54, 1.807) is 0 Å². The molecule has 37 heavy (non-hydrogen) atoms. The van der Waals surface area contributed by atoms with Crippen LogP contribution in [0.3, 0.4) is 0 Å². The second kappa shape index (κ2) is 12.1. The Bertz CT molecular complexity index is 710. The molecule has 4 nitrogen and oxygen atoms in total. The van der Waals surface area contributed by atoms with Crippen LogP contribution in [-0.4, -0.2) is 73.3 Å². The van der Waals surface area contributed by atoms with Crippen LogP contribution < -0.4 is 10.6 Å². The lowest BCUT2D eigenvalue weighted by Crippen LogP contribution is -2.63. The van der Waals surface area contributed by atoms with Gasteiger partial charge in [-0.2, -0.15) is 52.7 Å². The molecule has 0 rings (SSSR count). The highest BCUT2D eigenvalue weighted by molar-refractivity contribution is 5.85. The number of alkyl halides is 16. The van der Waals surface area contributed by atoms with Crippen LogP contribution in [0.4, 0.5) is 70.2 Å². The molecule has 0 radical (unpaired) electrons. The zero-order valence-corrected chi connectivity index (χ0v) is 18.0. The fraction of sp³-hybridized carbons (Fsp3) is 0.882. The van der Waals surface area contributed by atoms with Crippen LogP contribution in [0.25, 0.3) is 0 Å². The first-order valence-corrected chi connectivity index (χ1v) is 9.83. The summed E-state index contributed by atoms with van der Waals surface area (Å²) in [7, 11) is 0. The summed E-state index contributed by atoms with van der Waals surface area (Å²) in [5.74, 6) is -44.9. The van der Waals surface area contributed by atoms with Crippen LogP contribution in [0.2, 0.25) is 0 Å². The molecule has 0 saturated heterocycles. The van der Waals surface area contributed by atoms with E-state index in [0.29, 0.717) is 0 Å². The van der Waals surface area contributed by atoms with Gasteiger partial charge in [0.05, 0.1) is 0 Å². The molecule has 0 unspecified atom stereocenters. The van der Waals surface area contributed by atoms with Crippen LogP contribution in [0, 0.1) is 0 Å². The maximum atomic E-state index is 13.3. The molecular weight excluding hydrogens is 568 g/mol. The first-order chi connectivity index (χ1) is 16.4. The number of halogens is 16. The van der Waals surface area contributed by atoms with E-state index in [1.165, 1.54) is 0 Å².